The van der Waals surface area contributed by atoms with Gasteiger partial charge in [0.2, 0.25) is 0 Å². The number of hydrogen-bond donors (Lipinski definition) is 0. The molecule has 1 aliphatic rings. The predicted octanol–water partition coefficient (Wildman–Crippen LogP) is 1.19. The van der Waals surface area contributed by atoms with Crippen molar-refractivity contribution >= 4 is 6.79 Å². The van der Waals surface area contributed by atoms with E-state index in [0.717, 1.165) is 6.42 Å². The van der Waals surface area contributed by atoms with Gasteiger partial charge in [0, 0.05) is 0 Å². The van der Waals surface area contributed by atoms with Crippen LogP contribution in [0.15, 0.2) is 22.7 Å². The van der Waals surface area contributed by atoms with Crippen molar-refractivity contribution in [2.75, 3.05) is 0 Å². The molecule has 0 aromatic heterocycles. The van der Waals surface area contributed by atoms with E-state index in [2.05, 4.69) is 22.1 Å². The van der Waals surface area contributed by atoms with Crippen molar-refractivity contribution in [3.63, 3.8) is 0 Å². The van der Waals surface area contributed by atoms with Gasteiger partial charge in [0.1, 0.15) is 6.79 Å². The minimum absolute atomic E-state index is 1.06. The fourth-order valence-corrected chi connectivity index (χ4v) is 0.652. The van der Waals surface area contributed by atoms with Crippen LogP contribution in [0.1, 0.15) is 6.42 Å². The Hall–Kier alpha value is -0.331. The first-order valence-electron chi connectivity index (χ1n) is 2.18. The third-order valence-electron chi connectivity index (χ3n) is 0.717. The Bertz CT molecular complexity index is 116. The first-order valence-corrected chi connectivity index (χ1v) is 2.73. The predicted molar refractivity (Wildman–Crippen MR) is 29.0 cm³/mol. The van der Waals surface area contributed by atoms with Gasteiger partial charge in [-0.15, -0.1) is 0 Å². The van der Waals surface area contributed by atoms with Crippen LogP contribution in [0.25, 0.3) is 0 Å². The molecule has 0 saturated heterocycles. The molecule has 0 amide bonds. The van der Waals surface area contributed by atoms with Crippen LogP contribution >= 0.6 is 0 Å². The second-order valence-corrected chi connectivity index (χ2v) is 1.94. The van der Waals surface area contributed by atoms with Gasteiger partial charge in [0.15, 0.2) is 0 Å². The summed E-state index contributed by atoms with van der Waals surface area (Å²) in [5.74, 6) is 0. The van der Waals surface area contributed by atoms with Crippen LogP contribution in [0.2, 0.25) is 0 Å². The van der Waals surface area contributed by atoms with E-state index in [-0.39, 0.29) is 0 Å². The summed E-state index contributed by atoms with van der Waals surface area (Å²) in [7, 11) is 0. The summed E-state index contributed by atoms with van der Waals surface area (Å²) in [6.07, 6.45) is 7.21. The van der Waals surface area contributed by atoms with Gasteiger partial charge in [-0.3, -0.25) is 0 Å². The van der Waals surface area contributed by atoms with E-state index in [1.807, 2.05) is 18.9 Å². The monoisotopic (exact) mass is 151 g/mol. The zero-order chi connectivity index (χ0) is 6.41. The molecule has 0 spiro atoms. The van der Waals surface area contributed by atoms with E-state index in [0.29, 0.717) is 0 Å². The molecule has 0 aliphatic heterocycles. The van der Waals surface area contributed by atoms with Crippen LogP contribution in [0.5, 0.6) is 0 Å². The van der Waals surface area contributed by atoms with Crippen LogP contribution < -0.4 is 0 Å². The summed E-state index contributed by atoms with van der Waals surface area (Å²) in [5.41, 5.74) is 0. The molecule has 0 radical (unpaired) electrons. The Balaban J connectivity index is 0.000000222. The average Bonchev–Trinajstić information content (AvgIpc) is 2.24. The third kappa shape index (κ3) is 2.78. The Morgan fingerprint density at radius 2 is 2.25 bits per heavy atom. The summed E-state index contributed by atoms with van der Waals surface area (Å²) >= 11 is 3.74. The summed E-state index contributed by atoms with van der Waals surface area (Å²) < 4.78 is 1.22. The number of carbonyl (C=O) groups excluding carboxylic acids is 1. The van der Waals surface area contributed by atoms with Gasteiger partial charge in [0.25, 0.3) is 0 Å². The van der Waals surface area contributed by atoms with Gasteiger partial charge >= 0.3 is 45.1 Å². The van der Waals surface area contributed by atoms with E-state index in [9.17, 15) is 0 Å². The van der Waals surface area contributed by atoms with Gasteiger partial charge in [-0.1, -0.05) is 0 Å². The number of hydrogen-bond acceptors (Lipinski definition) is 1. The normalized spacial score (nSPS) is 14.4. The van der Waals surface area contributed by atoms with Crippen molar-refractivity contribution in [2.24, 2.45) is 0 Å². The molecule has 0 bridgehead atoms. The second kappa shape index (κ2) is 4.82. The maximum absolute atomic E-state index is 8.00. The standard InChI is InChI=1S/C5H5.CH2O.Fe/c1-2-4-5-3-1;1-2;/h1-3H,4H2;1H2;. The average molecular weight is 151 g/mol. The molecule has 2 heteroatoms. The SMILES string of the molecule is C=O.[Fe][C]1=CC=CC1. The Morgan fingerprint density at radius 3 is 2.38 bits per heavy atom. The van der Waals surface area contributed by atoms with Crippen LogP contribution in [0.3, 0.4) is 0 Å². The summed E-state index contributed by atoms with van der Waals surface area (Å²) in [4.78, 5) is 8.00. The first kappa shape index (κ1) is 7.67. The quantitative estimate of drug-likeness (QED) is 0.475. The van der Waals surface area contributed by atoms with E-state index >= 15 is 0 Å². The number of allylic oxidation sites excluding steroid dienone is 4. The summed E-state index contributed by atoms with van der Waals surface area (Å²) in [6, 6.07) is 0. The fourth-order valence-electron chi connectivity index (χ4n) is 0.416. The molecule has 0 saturated carbocycles. The summed E-state index contributed by atoms with van der Waals surface area (Å²) in [6.45, 7) is 2.00. The van der Waals surface area contributed by atoms with E-state index in [4.69, 9.17) is 4.79 Å². The Kier molecular flexibility index (Phi) is 4.62. The Labute approximate surface area is 57.3 Å². The van der Waals surface area contributed by atoms with Gasteiger partial charge in [-0.25, -0.2) is 0 Å². The van der Waals surface area contributed by atoms with E-state index < -0.39 is 0 Å². The molecular weight excluding hydrogens is 144 g/mol. The van der Waals surface area contributed by atoms with Crippen LogP contribution in [-0.2, 0) is 20.8 Å². The molecule has 0 unspecified atom stereocenters. The fraction of sp³-hybridized carbons (Fsp3) is 0.167. The van der Waals surface area contributed by atoms with Gasteiger partial charge in [-0.05, 0) is 0 Å². The third-order valence-corrected chi connectivity index (χ3v) is 1.13. The van der Waals surface area contributed by atoms with Crippen molar-refractivity contribution in [3.8, 4) is 0 Å². The molecular formula is C6H7FeO. The zero-order valence-corrected chi connectivity index (χ0v) is 5.51. The number of rotatable bonds is 0. The maximum atomic E-state index is 8.00. The van der Waals surface area contributed by atoms with Crippen LogP contribution in [-0.4, -0.2) is 6.79 Å². The van der Waals surface area contributed by atoms with Crippen molar-refractivity contribution < 1.29 is 20.8 Å². The van der Waals surface area contributed by atoms with Crippen molar-refractivity contribution in [3.05, 3.63) is 22.7 Å². The van der Waals surface area contributed by atoms with E-state index in [1.54, 1.807) is 0 Å². The molecule has 0 aromatic carbocycles. The second-order valence-electron chi connectivity index (χ2n) is 1.23. The molecule has 0 N–H and O–H groups in total. The molecule has 0 atom stereocenters. The molecule has 1 rings (SSSR count). The van der Waals surface area contributed by atoms with Crippen LogP contribution in [0.4, 0.5) is 0 Å². The van der Waals surface area contributed by atoms with Gasteiger partial charge in [0.05, 0.1) is 0 Å². The Morgan fingerprint density at radius 1 is 1.62 bits per heavy atom. The molecule has 0 heterocycles. The molecule has 0 aromatic rings. The van der Waals surface area contributed by atoms with Crippen molar-refractivity contribution in [1.29, 1.82) is 0 Å². The summed E-state index contributed by atoms with van der Waals surface area (Å²) in [5, 5.41) is 0. The molecule has 8 heavy (non-hydrogen) atoms. The minimum atomic E-state index is 1.06. The van der Waals surface area contributed by atoms with E-state index in [1.165, 1.54) is 4.47 Å². The topological polar surface area (TPSA) is 17.1 Å². The van der Waals surface area contributed by atoms with Gasteiger partial charge < -0.3 is 4.79 Å². The molecule has 1 aliphatic carbocycles. The molecule has 0 fully saturated rings. The van der Waals surface area contributed by atoms with Crippen molar-refractivity contribution in [1.82, 2.24) is 0 Å². The van der Waals surface area contributed by atoms with Gasteiger partial charge in [-0.2, -0.15) is 0 Å². The first-order chi connectivity index (χ1) is 3.89. The number of carbonyl (C=O) groups is 1. The van der Waals surface area contributed by atoms with Crippen molar-refractivity contribution in [2.45, 2.75) is 6.42 Å². The molecule has 45 valence electrons. The zero-order valence-electron chi connectivity index (χ0n) is 4.41. The molecule has 1 nitrogen and oxygen atoms in total. The van der Waals surface area contributed by atoms with Crippen LogP contribution in [0, 0.1) is 0 Å².